The van der Waals surface area contributed by atoms with E-state index in [1.165, 1.54) is 0 Å². The summed E-state index contributed by atoms with van der Waals surface area (Å²) in [5.41, 5.74) is 9.20. The van der Waals surface area contributed by atoms with Gasteiger partial charge in [0.15, 0.2) is 0 Å². The van der Waals surface area contributed by atoms with Gasteiger partial charge in [-0.3, -0.25) is 4.98 Å². The molecular formula is C20H23N5O. The van der Waals surface area contributed by atoms with Crippen LogP contribution in [0.5, 0.6) is 5.75 Å². The van der Waals surface area contributed by atoms with Gasteiger partial charge in [0.2, 0.25) is 0 Å². The molecule has 4 rings (SSSR count). The highest BCUT2D eigenvalue weighted by Crippen LogP contribution is 2.30. The number of aromatic nitrogens is 3. The number of nitrogens with two attached hydrogens (primary N) is 1. The van der Waals surface area contributed by atoms with Crippen molar-refractivity contribution in [3.8, 4) is 5.75 Å². The molecule has 0 aliphatic heterocycles. The average molecular weight is 349 g/mol. The summed E-state index contributed by atoms with van der Waals surface area (Å²) < 4.78 is 6.24. The molecule has 6 nitrogen and oxygen atoms in total. The molecule has 0 spiro atoms. The van der Waals surface area contributed by atoms with Crippen molar-refractivity contribution in [1.82, 2.24) is 15.0 Å². The van der Waals surface area contributed by atoms with Crippen LogP contribution >= 0.6 is 0 Å². The lowest BCUT2D eigenvalue weighted by molar-refractivity contribution is 0.152. The number of hydrogen-bond acceptors (Lipinski definition) is 6. The number of aryl methyl sites for hydroxylation is 1. The Bertz CT molecular complexity index is 906. The van der Waals surface area contributed by atoms with Crippen molar-refractivity contribution in [3.05, 3.63) is 48.4 Å². The first-order valence-electron chi connectivity index (χ1n) is 9.04. The number of rotatable bonds is 4. The van der Waals surface area contributed by atoms with Gasteiger partial charge >= 0.3 is 0 Å². The van der Waals surface area contributed by atoms with Gasteiger partial charge in [-0.15, -0.1) is 0 Å². The van der Waals surface area contributed by atoms with E-state index in [1.54, 1.807) is 12.4 Å². The third-order valence-electron chi connectivity index (χ3n) is 4.77. The maximum absolute atomic E-state index is 6.24. The van der Waals surface area contributed by atoms with Crippen molar-refractivity contribution < 1.29 is 4.74 Å². The summed E-state index contributed by atoms with van der Waals surface area (Å²) in [5, 5.41) is 3.54. The van der Waals surface area contributed by atoms with Gasteiger partial charge in [0, 0.05) is 35.9 Å². The Balaban J connectivity index is 1.40. The predicted molar refractivity (Wildman–Crippen MR) is 103 cm³/mol. The fourth-order valence-corrected chi connectivity index (χ4v) is 3.49. The van der Waals surface area contributed by atoms with E-state index in [2.05, 4.69) is 20.3 Å². The number of ether oxygens (including phenoxy) is 1. The number of hydrogen-bond donors (Lipinski definition) is 2. The van der Waals surface area contributed by atoms with Gasteiger partial charge in [-0.2, -0.15) is 0 Å². The van der Waals surface area contributed by atoms with Crippen LogP contribution < -0.4 is 15.8 Å². The van der Waals surface area contributed by atoms with Crippen LogP contribution in [0.4, 0.5) is 11.5 Å². The fourth-order valence-electron chi connectivity index (χ4n) is 3.49. The Morgan fingerprint density at radius 1 is 1.08 bits per heavy atom. The van der Waals surface area contributed by atoms with Crippen LogP contribution in [0.15, 0.2) is 42.7 Å². The highest BCUT2D eigenvalue weighted by Gasteiger charge is 2.23. The first kappa shape index (κ1) is 16.6. The second-order valence-electron chi connectivity index (χ2n) is 6.84. The van der Waals surface area contributed by atoms with Gasteiger partial charge in [0.1, 0.15) is 17.1 Å². The lowest BCUT2D eigenvalue weighted by Gasteiger charge is -2.30. The summed E-state index contributed by atoms with van der Waals surface area (Å²) in [4.78, 5) is 13.3. The lowest BCUT2D eigenvalue weighted by Crippen LogP contribution is -2.31. The summed E-state index contributed by atoms with van der Waals surface area (Å²) in [5.74, 6) is 1.68. The molecule has 1 fully saturated rings. The summed E-state index contributed by atoms with van der Waals surface area (Å²) in [6.07, 6.45) is 7.59. The van der Waals surface area contributed by atoms with Crippen LogP contribution in [0.2, 0.25) is 0 Å². The van der Waals surface area contributed by atoms with Crippen LogP contribution in [0.1, 0.15) is 31.4 Å². The van der Waals surface area contributed by atoms with Gasteiger partial charge < -0.3 is 15.8 Å². The second-order valence-corrected chi connectivity index (χ2v) is 6.84. The van der Waals surface area contributed by atoms with Crippen LogP contribution in [0.25, 0.3) is 11.0 Å². The Hall–Kier alpha value is -2.89. The summed E-state index contributed by atoms with van der Waals surface area (Å²) in [6, 6.07) is 10.2. The zero-order chi connectivity index (χ0) is 17.9. The summed E-state index contributed by atoms with van der Waals surface area (Å²) in [6.45, 7) is 2.01. The highest BCUT2D eigenvalue weighted by atomic mass is 16.5. The first-order valence-corrected chi connectivity index (χ1v) is 9.04. The van der Waals surface area contributed by atoms with Gasteiger partial charge in [0.25, 0.3) is 0 Å². The van der Waals surface area contributed by atoms with E-state index >= 15 is 0 Å². The minimum Gasteiger partial charge on any atom is -0.488 e. The largest absolute Gasteiger partial charge is 0.488 e. The van der Waals surface area contributed by atoms with Crippen molar-refractivity contribution in [2.75, 3.05) is 11.1 Å². The normalized spacial score (nSPS) is 20.0. The topological polar surface area (TPSA) is 86.0 Å². The van der Waals surface area contributed by atoms with Crippen molar-refractivity contribution in [2.24, 2.45) is 0 Å². The summed E-state index contributed by atoms with van der Waals surface area (Å²) >= 11 is 0. The highest BCUT2D eigenvalue weighted by molar-refractivity contribution is 5.84. The maximum Gasteiger partial charge on any atom is 0.149 e. The number of nitrogens with one attached hydrogen (secondary N) is 1. The van der Waals surface area contributed by atoms with Gasteiger partial charge in [-0.1, -0.05) is 6.07 Å². The Morgan fingerprint density at radius 2 is 1.88 bits per heavy atom. The Labute approximate surface area is 152 Å². The average Bonchev–Trinajstić information content (AvgIpc) is 2.63. The number of anilines is 2. The fraction of sp³-hybridized carbons (Fsp3) is 0.350. The monoisotopic (exact) mass is 349 g/mol. The van der Waals surface area contributed by atoms with E-state index in [0.717, 1.165) is 54.0 Å². The second kappa shape index (κ2) is 7.15. The quantitative estimate of drug-likeness (QED) is 0.698. The minimum absolute atomic E-state index is 0.172. The van der Waals surface area contributed by atoms with Crippen molar-refractivity contribution in [1.29, 1.82) is 0 Å². The maximum atomic E-state index is 6.24. The SMILES string of the molecule is Cc1cccc(NC2CCC(Oc3cc(N)cc4nccnc34)CC2)n1. The molecule has 0 bridgehead atoms. The number of pyridine rings is 1. The molecule has 0 amide bonds. The standard InChI is InChI=1S/C20H23N5O/c1-13-3-2-4-19(24-13)25-15-5-7-16(8-6-15)26-18-12-14(21)11-17-20(18)23-10-9-22-17/h2-4,9-12,15-16H,5-8,21H2,1H3,(H,24,25). The summed E-state index contributed by atoms with van der Waals surface area (Å²) in [7, 11) is 0. The molecule has 3 aromatic rings. The van der Waals surface area contributed by atoms with E-state index in [0.29, 0.717) is 11.7 Å². The number of benzene rings is 1. The van der Waals surface area contributed by atoms with Crippen molar-refractivity contribution in [2.45, 2.75) is 44.8 Å². The molecule has 0 atom stereocenters. The zero-order valence-electron chi connectivity index (χ0n) is 14.9. The molecule has 2 heterocycles. The molecule has 3 N–H and O–H groups in total. The van der Waals surface area contributed by atoms with Crippen LogP contribution in [-0.4, -0.2) is 27.1 Å². The molecule has 1 aromatic carbocycles. The molecule has 26 heavy (non-hydrogen) atoms. The third kappa shape index (κ3) is 3.69. The zero-order valence-corrected chi connectivity index (χ0v) is 14.9. The number of nitrogen functional groups attached to an aromatic ring is 1. The lowest BCUT2D eigenvalue weighted by atomic mass is 9.93. The molecule has 1 aliphatic carbocycles. The number of nitrogens with zero attached hydrogens (tertiary/aromatic N) is 3. The van der Waals surface area contributed by atoms with Gasteiger partial charge in [0.05, 0.1) is 11.6 Å². The van der Waals surface area contributed by atoms with E-state index in [1.807, 2.05) is 37.3 Å². The van der Waals surface area contributed by atoms with E-state index < -0.39 is 0 Å². The van der Waals surface area contributed by atoms with Gasteiger partial charge in [-0.25, -0.2) is 9.97 Å². The molecule has 0 unspecified atom stereocenters. The molecule has 134 valence electrons. The molecule has 6 heteroatoms. The van der Waals surface area contributed by atoms with Crippen molar-refractivity contribution >= 4 is 22.5 Å². The van der Waals surface area contributed by atoms with Crippen LogP contribution in [0.3, 0.4) is 0 Å². The molecular weight excluding hydrogens is 326 g/mol. The minimum atomic E-state index is 0.172. The predicted octanol–water partition coefficient (Wildman–Crippen LogP) is 3.72. The molecule has 0 saturated heterocycles. The third-order valence-corrected chi connectivity index (χ3v) is 4.77. The van der Waals surface area contributed by atoms with Gasteiger partial charge in [-0.05, 0) is 50.8 Å². The van der Waals surface area contributed by atoms with Crippen molar-refractivity contribution in [3.63, 3.8) is 0 Å². The first-order chi connectivity index (χ1) is 12.7. The smallest absolute Gasteiger partial charge is 0.149 e. The van der Waals surface area contributed by atoms with Crippen LogP contribution in [-0.2, 0) is 0 Å². The molecule has 0 radical (unpaired) electrons. The van der Waals surface area contributed by atoms with E-state index in [-0.39, 0.29) is 6.10 Å². The number of fused-ring (bicyclic) bond motifs is 1. The Morgan fingerprint density at radius 3 is 2.69 bits per heavy atom. The van der Waals surface area contributed by atoms with E-state index in [9.17, 15) is 0 Å². The molecule has 1 saturated carbocycles. The van der Waals surface area contributed by atoms with E-state index in [4.69, 9.17) is 10.5 Å². The van der Waals surface area contributed by atoms with Crippen LogP contribution in [0, 0.1) is 6.92 Å². The molecule has 2 aromatic heterocycles. The Kier molecular flexibility index (Phi) is 4.56. The molecule has 1 aliphatic rings.